The minimum absolute atomic E-state index is 0.121. The molecule has 0 fully saturated rings. The van der Waals surface area contributed by atoms with Crippen molar-refractivity contribution in [2.75, 3.05) is 13.2 Å². The number of unbranched alkanes of at least 4 members (excludes halogenated alkanes) is 3. The monoisotopic (exact) mass is 269 g/mol. The molecule has 0 aliphatic rings. The number of halogens is 3. The molecule has 18 heavy (non-hydrogen) atoms. The predicted molar refractivity (Wildman–Crippen MR) is 64.6 cm³/mol. The standard InChI is InChI=1S/C12H22F3NO2/c13-9-5-1-2-6-11(14)7-3-4-8-12(15)10-16(17)18/h11-12H,1-10H2. The zero-order valence-corrected chi connectivity index (χ0v) is 10.6. The van der Waals surface area contributed by atoms with Crippen LogP contribution in [0.2, 0.25) is 0 Å². The van der Waals surface area contributed by atoms with Crippen molar-refractivity contribution in [2.24, 2.45) is 0 Å². The molecule has 2 atom stereocenters. The van der Waals surface area contributed by atoms with Gasteiger partial charge < -0.3 is 0 Å². The van der Waals surface area contributed by atoms with Crippen LogP contribution in [0, 0.1) is 10.1 Å². The maximum absolute atomic E-state index is 13.3. The van der Waals surface area contributed by atoms with Crippen LogP contribution in [0.15, 0.2) is 0 Å². The molecule has 0 spiro atoms. The molecule has 0 N–H and O–H groups in total. The summed E-state index contributed by atoms with van der Waals surface area (Å²) in [5.74, 6) is 0. The Morgan fingerprint density at radius 2 is 1.39 bits per heavy atom. The van der Waals surface area contributed by atoms with Crippen molar-refractivity contribution in [3.05, 3.63) is 10.1 Å². The molecular formula is C12H22F3NO2. The van der Waals surface area contributed by atoms with Gasteiger partial charge in [0.25, 0.3) is 0 Å². The Balaban J connectivity index is 3.34. The molecule has 0 aliphatic carbocycles. The van der Waals surface area contributed by atoms with E-state index in [9.17, 15) is 23.3 Å². The maximum atomic E-state index is 13.3. The smallest absolute Gasteiger partial charge is 0.234 e. The van der Waals surface area contributed by atoms with Crippen LogP contribution in [0.3, 0.4) is 0 Å². The van der Waals surface area contributed by atoms with Crippen molar-refractivity contribution in [1.82, 2.24) is 0 Å². The normalized spacial score (nSPS) is 14.4. The van der Waals surface area contributed by atoms with Gasteiger partial charge in [-0.3, -0.25) is 14.5 Å². The highest BCUT2D eigenvalue weighted by molar-refractivity contribution is 4.60. The van der Waals surface area contributed by atoms with Gasteiger partial charge in [-0.15, -0.1) is 0 Å². The van der Waals surface area contributed by atoms with Gasteiger partial charge in [0.15, 0.2) is 6.17 Å². The van der Waals surface area contributed by atoms with Gasteiger partial charge in [-0.1, -0.05) is 25.7 Å². The fourth-order valence-corrected chi connectivity index (χ4v) is 1.77. The minimum atomic E-state index is -1.43. The highest BCUT2D eigenvalue weighted by atomic mass is 19.1. The average Bonchev–Trinajstić information content (AvgIpc) is 2.29. The molecule has 0 saturated carbocycles. The molecule has 0 saturated heterocycles. The molecule has 2 unspecified atom stereocenters. The van der Waals surface area contributed by atoms with E-state index in [1.165, 1.54) is 0 Å². The lowest BCUT2D eigenvalue weighted by atomic mass is 10.0. The van der Waals surface area contributed by atoms with Gasteiger partial charge in [0.1, 0.15) is 6.17 Å². The van der Waals surface area contributed by atoms with E-state index in [4.69, 9.17) is 0 Å². The molecule has 0 radical (unpaired) electrons. The van der Waals surface area contributed by atoms with E-state index < -0.39 is 23.8 Å². The fourth-order valence-electron chi connectivity index (χ4n) is 1.77. The van der Waals surface area contributed by atoms with Crippen molar-refractivity contribution in [1.29, 1.82) is 0 Å². The van der Waals surface area contributed by atoms with Crippen molar-refractivity contribution in [3.8, 4) is 0 Å². The Morgan fingerprint density at radius 1 is 0.889 bits per heavy atom. The van der Waals surface area contributed by atoms with Crippen LogP contribution >= 0.6 is 0 Å². The Labute approximate surface area is 106 Å². The van der Waals surface area contributed by atoms with Crippen LogP contribution < -0.4 is 0 Å². The van der Waals surface area contributed by atoms with E-state index in [0.29, 0.717) is 44.9 Å². The van der Waals surface area contributed by atoms with E-state index >= 15 is 0 Å². The number of nitrogens with zero attached hydrogens (tertiary/aromatic N) is 1. The van der Waals surface area contributed by atoms with Crippen LogP contribution in [0.4, 0.5) is 13.2 Å². The van der Waals surface area contributed by atoms with Crippen LogP contribution in [0.1, 0.15) is 51.4 Å². The molecular weight excluding hydrogens is 247 g/mol. The third-order valence-electron chi connectivity index (χ3n) is 2.78. The van der Waals surface area contributed by atoms with E-state index in [-0.39, 0.29) is 13.1 Å². The SMILES string of the molecule is O=[N+]([O-])CC(F)CCCCC(F)CCCCCF. The molecule has 6 heteroatoms. The van der Waals surface area contributed by atoms with E-state index in [0.717, 1.165) is 0 Å². The third-order valence-corrected chi connectivity index (χ3v) is 2.78. The van der Waals surface area contributed by atoms with Crippen LogP contribution in [-0.4, -0.2) is 30.5 Å². The highest BCUT2D eigenvalue weighted by Gasteiger charge is 2.13. The second-order valence-corrected chi connectivity index (χ2v) is 4.53. The first-order valence-corrected chi connectivity index (χ1v) is 6.52. The molecule has 3 nitrogen and oxygen atoms in total. The lowest BCUT2D eigenvalue weighted by Gasteiger charge is -2.08. The molecule has 0 amide bonds. The Bertz CT molecular complexity index is 217. The summed E-state index contributed by atoms with van der Waals surface area (Å²) >= 11 is 0. The molecule has 0 bridgehead atoms. The molecule has 0 rings (SSSR count). The molecule has 0 aromatic carbocycles. The molecule has 0 aromatic heterocycles. The summed E-state index contributed by atoms with van der Waals surface area (Å²) in [5.41, 5.74) is 0. The number of alkyl halides is 3. The molecule has 0 aliphatic heterocycles. The summed E-state index contributed by atoms with van der Waals surface area (Å²) in [5, 5.41) is 10.0. The summed E-state index contributed by atoms with van der Waals surface area (Å²) in [7, 11) is 0. The first kappa shape index (κ1) is 17.2. The van der Waals surface area contributed by atoms with Gasteiger partial charge in [-0.2, -0.15) is 0 Å². The molecule has 0 aromatic rings. The molecule has 108 valence electrons. The van der Waals surface area contributed by atoms with Gasteiger partial charge in [0.05, 0.1) is 6.67 Å². The lowest BCUT2D eigenvalue weighted by molar-refractivity contribution is -0.487. The maximum Gasteiger partial charge on any atom is 0.234 e. The Kier molecular flexibility index (Phi) is 10.8. The van der Waals surface area contributed by atoms with Gasteiger partial charge in [0.2, 0.25) is 6.54 Å². The number of nitro groups is 1. The highest BCUT2D eigenvalue weighted by Crippen LogP contribution is 2.15. The second-order valence-electron chi connectivity index (χ2n) is 4.53. The van der Waals surface area contributed by atoms with E-state index in [1.54, 1.807) is 0 Å². The first-order valence-electron chi connectivity index (χ1n) is 6.52. The first-order chi connectivity index (χ1) is 8.56. The molecule has 0 heterocycles. The number of hydrogen-bond donors (Lipinski definition) is 0. The third kappa shape index (κ3) is 11.7. The number of rotatable bonds is 12. The van der Waals surface area contributed by atoms with E-state index in [2.05, 4.69) is 0 Å². The van der Waals surface area contributed by atoms with Crippen LogP contribution in [-0.2, 0) is 0 Å². The average molecular weight is 269 g/mol. The van der Waals surface area contributed by atoms with Gasteiger partial charge in [-0.05, 0) is 25.7 Å². The van der Waals surface area contributed by atoms with Crippen LogP contribution in [0.25, 0.3) is 0 Å². The van der Waals surface area contributed by atoms with Gasteiger partial charge in [-0.25, -0.2) is 8.78 Å². The summed E-state index contributed by atoms with van der Waals surface area (Å²) < 4.78 is 37.9. The topological polar surface area (TPSA) is 43.1 Å². The Hall–Kier alpha value is -0.810. The summed E-state index contributed by atoms with van der Waals surface area (Å²) in [6, 6.07) is 0. The predicted octanol–water partition coefficient (Wildman–Crippen LogP) is 4.03. The largest absolute Gasteiger partial charge is 0.264 e. The van der Waals surface area contributed by atoms with E-state index in [1.807, 2.05) is 0 Å². The minimum Gasteiger partial charge on any atom is -0.264 e. The lowest BCUT2D eigenvalue weighted by Crippen LogP contribution is -2.15. The number of hydrogen-bond acceptors (Lipinski definition) is 2. The quantitative estimate of drug-likeness (QED) is 0.305. The van der Waals surface area contributed by atoms with Gasteiger partial charge >= 0.3 is 0 Å². The second kappa shape index (κ2) is 11.3. The van der Waals surface area contributed by atoms with Crippen LogP contribution in [0.5, 0.6) is 0 Å². The van der Waals surface area contributed by atoms with Gasteiger partial charge in [0, 0.05) is 4.92 Å². The van der Waals surface area contributed by atoms with Crippen molar-refractivity contribution >= 4 is 0 Å². The zero-order valence-electron chi connectivity index (χ0n) is 10.6. The van der Waals surface area contributed by atoms with Crippen molar-refractivity contribution < 1.29 is 18.1 Å². The Morgan fingerprint density at radius 3 is 1.89 bits per heavy atom. The zero-order chi connectivity index (χ0) is 13.8. The summed E-state index contributed by atoms with van der Waals surface area (Å²) in [6.07, 6.45) is 1.44. The van der Waals surface area contributed by atoms with Crippen molar-refractivity contribution in [3.63, 3.8) is 0 Å². The summed E-state index contributed by atoms with van der Waals surface area (Å²) in [4.78, 5) is 9.33. The van der Waals surface area contributed by atoms with Crippen molar-refractivity contribution in [2.45, 2.75) is 63.7 Å². The summed E-state index contributed by atoms with van der Waals surface area (Å²) in [6.45, 7) is -1.02. The fraction of sp³-hybridized carbons (Fsp3) is 1.00.